The number of aryl methyl sites for hydroxylation is 2. The lowest BCUT2D eigenvalue weighted by Gasteiger charge is -2.22. The highest BCUT2D eigenvalue weighted by molar-refractivity contribution is 5.75. The Morgan fingerprint density at radius 3 is 2.75 bits per heavy atom. The molecule has 0 radical (unpaired) electrons. The van der Waals surface area contributed by atoms with Crippen LogP contribution in [0.1, 0.15) is 29.2 Å². The van der Waals surface area contributed by atoms with E-state index < -0.39 is 5.97 Å². The number of nitrogens with one attached hydrogen (secondary N) is 2. The molecule has 7 nitrogen and oxygen atoms in total. The highest BCUT2D eigenvalue weighted by Crippen LogP contribution is 2.20. The van der Waals surface area contributed by atoms with Crippen LogP contribution >= 0.6 is 0 Å². The Kier molecular flexibility index (Phi) is 5.95. The molecule has 1 heterocycles. The second kappa shape index (κ2) is 8.14. The summed E-state index contributed by atoms with van der Waals surface area (Å²) in [5, 5.41) is 14.1. The van der Waals surface area contributed by atoms with Crippen LogP contribution in [0, 0.1) is 13.8 Å². The van der Waals surface area contributed by atoms with E-state index in [2.05, 4.69) is 21.7 Å². The molecule has 0 saturated carbocycles. The van der Waals surface area contributed by atoms with Crippen LogP contribution in [0.2, 0.25) is 0 Å². The first-order chi connectivity index (χ1) is 11.5. The lowest BCUT2D eigenvalue weighted by atomic mass is 9.99. The van der Waals surface area contributed by atoms with E-state index in [1.54, 1.807) is 12.5 Å². The number of hydrogen-bond donors (Lipinski definition) is 3. The Hall–Kier alpha value is -2.83. The molecule has 2 aromatic rings. The van der Waals surface area contributed by atoms with Gasteiger partial charge in [0.15, 0.2) is 0 Å². The van der Waals surface area contributed by atoms with Crippen LogP contribution in [-0.2, 0) is 11.3 Å². The monoisotopic (exact) mass is 330 g/mol. The predicted octanol–water partition coefficient (Wildman–Crippen LogP) is 2.02. The molecule has 0 saturated heterocycles. The minimum absolute atomic E-state index is 0.0891. The molecule has 0 aliphatic carbocycles. The van der Waals surface area contributed by atoms with E-state index in [9.17, 15) is 9.59 Å². The molecular formula is C17H22N4O3. The van der Waals surface area contributed by atoms with Crippen LogP contribution in [0.3, 0.4) is 0 Å². The summed E-state index contributed by atoms with van der Waals surface area (Å²) in [5.74, 6) is -0.945. The molecule has 0 aliphatic heterocycles. The second-order valence-electron chi connectivity index (χ2n) is 5.72. The van der Waals surface area contributed by atoms with Gasteiger partial charge in [0, 0.05) is 25.5 Å². The topological polar surface area (TPSA) is 96.3 Å². The van der Waals surface area contributed by atoms with Gasteiger partial charge in [-0.05, 0) is 25.0 Å². The molecule has 7 heteroatoms. The third-order valence-electron chi connectivity index (χ3n) is 3.68. The number of benzene rings is 1. The number of urea groups is 1. The first-order valence-electron chi connectivity index (χ1n) is 7.74. The van der Waals surface area contributed by atoms with E-state index in [1.165, 1.54) is 0 Å². The number of carboxylic acids is 1. The number of carboxylic acid groups (broad SMARTS) is 1. The van der Waals surface area contributed by atoms with E-state index >= 15 is 0 Å². The van der Waals surface area contributed by atoms with Gasteiger partial charge < -0.3 is 20.3 Å². The number of nitrogens with zero attached hydrogens (tertiary/aromatic N) is 2. The number of carbonyl (C=O) groups excluding carboxylic acids is 1. The van der Waals surface area contributed by atoms with Gasteiger partial charge in [-0.2, -0.15) is 0 Å². The fraction of sp³-hybridized carbons (Fsp3) is 0.353. The Morgan fingerprint density at radius 1 is 1.33 bits per heavy atom. The average molecular weight is 330 g/mol. The van der Waals surface area contributed by atoms with Crippen molar-refractivity contribution in [3.63, 3.8) is 0 Å². The maximum Gasteiger partial charge on any atom is 0.315 e. The molecule has 128 valence electrons. The van der Waals surface area contributed by atoms with Gasteiger partial charge in [0.05, 0.1) is 18.8 Å². The van der Waals surface area contributed by atoms with Crippen molar-refractivity contribution in [1.29, 1.82) is 0 Å². The molecule has 1 aromatic heterocycles. The fourth-order valence-corrected chi connectivity index (χ4v) is 2.54. The number of rotatable bonds is 7. The van der Waals surface area contributed by atoms with Crippen molar-refractivity contribution in [2.24, 2.45) is 0 Å². The van der Waals surface area contributed by atoms with Crippen molar-refractivity contribution in [2.45, 2.75) is 32.9 Å². The zero-order valence-corrected chi connectivity index (χ0v) is 13.8. The van der Waals surface area contributed by atoms with E-state index in [0.29, 0.717) is 6.54 Å². The van der Waals surface area contributed by atoms with Gasteiger partial charge in [-0.3, -0.25) is 4.79 Å². The Morgan fingerprint density at radius 2 is 2.12 bits per heavy atom. The smallest absolute Gasteiger partial charge is 0.315 e. The Labute approximate surface area is 140 Å². The van der Waals surface area contributed by atoms with Gasteiger partial charge in [-0.25, -0.2) is 9.78 Å². The summed E-state index contributed by atoms with van der Waals surface area (Å²) in [6.45, 7) is 4.66. The quantitative estimate of drug-likeness (QED) is 0.723. The molecule has 0 fully saturated rings. The number of amides is 2. The summed E-state index contributed by atoms with van der Waals surface area (Å²) in [7, 11) is 0. The first-order valence-corrected chi connectivity index (χ1v) is 7.74. The lowest BCUT2D eigenvalue weighted by molar-refractivity contribution is -0.136. The molecule has 0 aliphatic rings. The number of imidazole rings is 1. The van der Waals surface area contributed by atoms with Crippen molar-refractivity contribution in [3.8, 4) is 0 Å². The highest BCUT2D eigenvalue weighted by Gasteiger charge is 2.17. The third kappa shape index (κ3) is 5.12. The van der Waals surface area contributed by atoms with Crippen molar-refractivity contribution >= 4 is 12.0 Å². The van der Waals surface area contributed by atoms with Gasteiger partial charge in [0.25, 0.3) is 0 Å². The van der Waals surface area contributed by atoms with E-state index in [4.69, 9.17) is 5.11 Å². The average Bonchev–Trinajstić information content (AvgIpc) is 2.99. The minimum Gasteiger partial charge on any atom is -0.481 e. The van der Waals surface area contributed by atoms with E-state index in [1.807, 2.05) is 36.7 Å². The van der Waals surface area contributed by atoms with Gasteiger partial charge in [0.2, 0.25) is 0 Å². The highest BCUT2D eigenvalue weighted by atomic mass is 16.4. The van der Waals surface area contributed by atoms with Crippen LogP contribution in [0.4, 0.5) is 4.79 Å². The number of aliphatic carboxylic acids is 1. The van der Waals surface area contributed by atoms with Crippen molar-refractivity contribution in [3.05, 3.63) is 53.6 Å². The SMILES string of the molecule is Cc1ccc(C(Cn2ccnc2)NC(=O)NCCC(=O)O)c(C)c1. The zero-order valence-electron chi connectivity index (χ0n) is 13.8. The number of aromatic nitrogens is 2. The predicted molar refractivity (Wildman–Crippen MR) is 89.7 cm³/mol. The van der Waals surface area contributed by atoms with Gasteiger partial charge in [-0.15, -0.1) is 0 Å². The van der Waals surface area contributed by atoms with Crippen LogP contribution in [0.5, 0.6) is 0 Å². The molecule has 1 aromatic carbocycles. The summed E-state index contributed by atoms with van der Waals surface area (Å²) < 4.78 is 1.89. The molecular weight excluding hydrogens is 308 g/mol. The zero-order chi connectivity index (χ0) is 17.5. The molecule has 24 heavy (non-hydrogen) atoms. The summed E-state index contributed by atoms with van der Waals surface area (Å²) >= 11 is 0. The largest absolute Gasteiger partial charge is 0.481 e. The molecule has 2 rings (SSSR count). The molecule has 1 atom stereocenters. The van der Waals surface area contributed by atoms with Gasteiger partial charge >= 0.3 is 12.0 Å². The van der Waals surface area contributed by atoms with Gasteiger partial charge in [0.1, 0.15) is 0 Å². The van der Waals surface area contributed by atoms with Crippen LogP contribution in [-0.4, -0.2) is 33.2 Å². The Bertz CT molecular complexity index is 698. The van der Waals surface area contributed by atoms with Crippen molar-refractivity contribution < 1.29 is 14.7 Å². The van der Waals surface area contributed by atoms with Crippen LogP contribution in [0.25, 0.3) is 0 Å². The summed E-state index contributed by atoms with van der Waals surface area (Å²) in [4.78, 5) is 26.6. The van der Waals surface area contributed by atoms with E-state index in [0.717, 1.165) is 16.7 Å². The van der Waals surface area contributed by atoms with E-state index in [-0.39, 0.29) is 25.0 Å². The summed E-state index contributed by atoms with van der Waals surface area (Å²) in [6, 6.07) is 5.45. The maximum absolute atomic E-state index is 12.1. The fourth-order valence-electron chi connectivity index (χ4n) is 2.54. The molecule has 3 N–H and O–H groups in total. The summed E-state index contributed by atoms with van der Waals surface area (Å²) in [6.07, 6.45) is 5.11. The van der Waals surface area contributed by atoms with Crippen LogP contribution < -0.4 is 10.6 Å². The number of carbonyl (C=O) groups is 2. The number of hydrogen-bond acceptors (Lipinski definition) is 3. The first kappa shape index (κ1) is 17.5. The summed E-state index contributed by atoms with van der Waals surface area (Å²) in [5.41, 5.74) is 3.26. The minimum atomic E-state index is -0.945. The normalized spacial score (nSPS) is 11.8. The Balaban J connectivity index is 2.10. The molecule has 2 amide bonds. The molecule has 0 bridgehead atoms. The standard InChI is InChI=1S/C17H22N4O3/c1-12-3-4-14(13(2)9-12)15(10-21-8-7-18-11-21)20-17(24)19-6-5-16(22)23/h3-4,7-9,11,15H,5-6,10H2,1-2H3,(H,22,23)(H2,19,20,24). The maximum atomic E-state index is 12.1. The van der Waals surface area contributed by atoms with Crippen molar-refractivity contribution in [2.75, 3.05) is 6.54 Å². The molecule has 0 spiro atoms. The van der Waals surface area contributed by atoms with Crippen LogP contribution in [0.15, 0.2) is 36.9 Å². The van der Waals surface area contributed by atoms with Gasteiger partial charge in [-0.1, -0.05) is 23.8 Å². The second-order valence-corrected chi connectivity index (χ2v) is 5.72. The third-order valence-corrected chi connectivity index (χ3v) is 3.68. The lowest BCUT2D eigenvalue weighted by Crippen LogP contribution is -2.40. The van der Waals surface area contributed by atoms with Crippen molar-refractivity contribution in [1.82, 2.24) is 20.2 Å². The molecule has 1 unspecified atom stereocenters.